The topological polar surface area (TPSA) is 96.5 Å². The van der Waals surface area contributed by atoms with Gasteiger partial charge in [-0.1, -0.05) is 6.07 Å². The zero-order valence-electron chi connectivity index (χ0n) is 18.7. The molecular formula is C26H24FN3O4. The Labute approximate surface area is 195 Å². The molecule has 174 valence electrons. The molecule has 0 radical (unpaired) electrons. The van der Waals surface area contributed by atoms with Crippen LogP contribution in [0.5, 0.6) is 0 Å². The number of aryl methyl sites for hydroxylation is 2. The average Bonchev–Trinajstić information content (AvgIpc) is 2.83. The van der Waals surface area contributed by atoms with Crippen molar-refractivity contribution in [2.45, 2.75) is 32.9 Å². The lowest BCUT2D eigenvalue weighted by Crippen LogP contribution is -2.28. The Balaban J connectivity index is 1.62. The molecule has 1 aromatic carbocycles. The SMILES string of the molecule is Cc1oc2cc(C(=O)O)c(F)cc2c(=O)c1CN(CCCc1cccnc1)Cc1ccncc1. The first-order valence-corrected chi connectivity index (χ1v) is 10.9. The monoisotopic (exact) mass is 461 g/mol. The molecule has 0 bridgehead atoms. The van der Waals surface area contributed by atoms with E-state index >= 15 is 0 Å². The lowest BCUT2D eigenvalue weighted by atomic mass is 10.1. The van der Waals surface area contributed by atoms with Crippen LogP contribution < -0.4 is 5.43 Å². The smallest absolute Gasteiger partial charge is 0.338 e. The number of hydrogen-bond acceptors (Lipinski definition) is 6. The maximum absolute atomic E-state index is 14.3. The highest BCUT2D eigenvalue weighted by Crippen LogP contribution is 2.21. The Bertz CT molecular complexity index is 1360. The number of rotatable bonds is 9. The zero-order chi connectivity index (χ0) is 24.1. The number of benzene rings is 1. The van der Waals surface area contributed by atoms with Crippen LogP contribution in [0.4, 0.5) is 4.39 Å². The number of carboxylic acids is 1. The maximum Gasteiger partial charge on any atom is 0.338 e. The summed E-state index contributed by atoms with van der Waals surface area (Å²) in [6, 6.07) is 9.79. The van der Waals surface area contributed by atoms with E-state index in [1.54, 1.807) is 25.5 Å². The molecular weight excluding hydrogens is 437 g/mol. The van der Waals surface area contributed by atoms with E-state index in [1.807, 2.05) is 30.5 Å². The van der Waals surface area contributed by atoms with Crippen molar-refractivity contribution in [3.8, 4) is 0 Å². The van der Waals surface area contributed by atoms with Gasteiger partial charge in [-0.25, -0.2) is 9.18 Å². The van der Waals surface area contributed by atoms with Crippen LogP contribution in [0.1, 0.15) is 39.2 Å². The molecule has 3 heterocycles. The number of halogens is 1. The number of nitrogens with zero attached hydrogens (tertiary/aromatic N) is 3. The van der Waals surface area contributed by atoms with Gasteiger partial charge in [-0.3, -0.25) is 19.7 Å². The van der Waals surface area contributed by atoms with Gasteiger partial charge < -0.3 is 9.52 Å². The van der Waals surface area contributed by atoms with Gasteiger partial charge in [0.05, 0.1) is 16.5 Å². The molecule has 1 N–H and O–H groups in total. The van der Waals surface area contributed by atoms with Crippen molar-refractivity contribution < 1.29 is 18.7 Å². The van der Waals surface area contributed by atoms with Gasteiger partial charge in [-0.05, 0) is 67.8 Å². The van der Waals surface area contributed by atoms with Gasteiger partial charge in [0.15, 0.2) is 5.43 Å². The molecule has 8 heteroatoms. The van der Waals surface area contributed by atoms with Crippen molar-refractivity contribution in [2.75, 3.05) is 6.54 Å². The summed E-state index contributed by atoms with van der Waals surface area (Å²) in [5.41, 5.74) is 1.78. The standard InChI is InChI=1S/C26H24FN3O4/c1-17-22(25(31)21-12-23(27)20(26(32)33)13-24(21)34-17)16-30(15-19-6-9-28-10-7-19)11-3-5-18-4-2-8-29-14-18/h2,4,6-10,12-14H,3,5,11,15-16H2,1H3,(H,32,33). The van der Waals surface area contributed by atoms with E-state index in [4.69, 9.17) is 9.52 Å². The van der Waals surface area contributed by atoms with E-state index in [-0.39, 0.29) is 16.4 Å². The summed E-state index contributed by atoms with van der Waals surface area (Å²) in [6.07, 6.45) is 8.72. The van der Waals surface area contributed by atoms with Crippen molar-refractivity contribution in [2.24, 2.45) is 0 Å². The summed E-state index contributed by atoms with van der Waals surface area (Å²) in [7, 11) is 0. The minimum atomic E-state index is -1.42. The van der Waals surface area contributed by atoms with Crippen molar-refractivity contribution in [1.82, 2.24) is 14.9 Å². The normalized spacial score (nSPS) is 11.3. The fourth-order valence-electron chi connectivity index (χ4n) is 3.95. The lowest BCUT2D eigenvalue weighted by molar-refractivity contribution is 0.0692. The number of fused-ring (bicyclic) bond motifs is 1. The Kier molecular flexibility index (Phi) is 7.08. The third-order valence-electron chi connectivity index (χ3n) is 5.71. The Morgan fingerprint density at radius 1 is 1.09 bits per heavy atom. The number of aromatic carboxylic acids is 1. The molecule has 0 saturated heterocycles. The van der Waals surface area contributed by atoms with Crippen LogP contribution in [0.2, 0.25) is 0 Å². The molecule has 4 aromatic rings. The number of carboxylic acid groups (broad SMARTS) is 1. The third kappa shape index (κ3) is 5.35. The fourth-order valence-corrected chi connectivity index (χ4v) is 3.95. The Hall–Kier alpha value is -3.91. The van der Waals surface area contributed by atoms with Gasteiger partial charge in [0, 0.05) is 37.9 Å². The summed E-state index contributed by atoms with van der Waals surface area (Å²) >= 11 is 0. The van der Waals surface area contributed by atoms with E-state index in [2.05, 4.69) is 14.9 Å². The number of pyridine rings is 2. The first-order valence-electron chi connectivity index (χ1n) is 10.9. The van der Waals surface area contributed by atoms with Gasteiger partial charge in [-0.15, -0.1) is 0 Å². The second-order valence-corrected chi connectivity index (χ2v) is 8.13. The molecule has 34 heavy (non-hydrogen) atoms. The highest BCUT2D eigenvalue weighted by molar-refractivity contribution is 5.93. The van der Waals surface area contributed by atoms with E-state index in [1.165, 1.54) is 0 Å². The predicted octanol–water partition coefficient (Wildman–Crippen LogP) is 4.36. The largest absolute Gasteiger partial charge is 0.478 e. The summed E-state index contributed by atoms with van der Waals surface area (Å²) < 4.78 is 20.0. The van der Waals surface area contributed by atoms with Gasteiger partial charge >= 0.3 is 5.97 Å². The summed E-state index contributed by atoms with van der Waals surface area (Å²) in [5, 5.41) is 9.20. The number of aromatic nitrogens is 2. The molecule has 3 aromatic heterocycles. The van der Waals surface area contributed by atoms with Crippen LogP contribution in [0.15, 0.2) is 70.4 Å². The van der Waals surface area contributed by atoms with E-state index < -0.39 is 17.3 Å². The van der Waals surface area contributed by atoms with Crippen LogP contribution >= 0.6 is 0 Å². The number of hydrogen-bond donors (Lipinski definition) is 1. The number of carbonyl (C=O) groups is 1. The van der Waals surface area contributed by atoms with Gasteiger partial charge in [0.25, 0.3) is 0 Å². The highest BCUT2D eigenvalue weighted by Gasteiger charge is 2.19. The molecule has 4 rings (SSSR count). The van der Waals surface area contributed by atoms with Crippen LogP contribution in [-0.4, -0.2) is 32.5 Å². The maximum atomic E-state index is 14.3. The minimum Gasteiger partial charge on any atom is -0.478 e. The predicted molar refractivity (Wildman–Crippen MR) is 125 cm³/mol. The quantitative estimate of drug-likeness (QED) is 0.395. The lowest BCUT2D eigenvalue weighted by Gasteiger charge is -2.23. The molecule has 0 fully saturated rings. The Morgan fingerprint density at radius 2 is 1.88 bits per heavy atom. The van der Waals surface area contributed by atoms with Gasteiger partial charge in [-0.2, -0.15) is 0 Å². The van der Waals surface area contributed by atoms with Gasteiger partial charge in [0.1, 0.15) is 17.2 Å². The molecule has 0 aliphatic rings. The first-order chi connectivity index (χ1) is 16.4. The fraction of sp³-hybridized carbons (Fsp3) is 0.231. The second-order valence-electron chi connectivity index (χ2n) is 8.13. The molecule has 0 amide bonds. The summed E-state index contributed by atoms with van der Waals surface area (Å²) in [6.45, 7) is 3.28. The van der Waals surface area contributed by atoms with Crippen molar-refractivity contribution in [1.29, 1.82) is 0 Å². The second kappa shape index (κ2) is 10.4. The highest BCUT2D eigenvalue weighted by atomic mass is 19.1. The zero-order valence-corrected chi connectivity index (χ0v) is 18.7. The molecule has 0 unspecified atom stereocenters. The molecule has 0 aliphatic heterocycles. The van der Waals surface area contributed by atoms with Crippen molar-refractivity contribution >= 4 is 16.9 Å². The molecule has 0 atom stereocenters. The molecule has 0 spiro atoms. The van der Waals surface area contributed by atoms with Crippen molar-refractivity contribution in [3.05, 3.63) is 105 Å². The molecule has 7 nitrogen and oxygen atoms in total. The van der Waals surface area contributed by atoms with Gasteiger partial charge in [0.2, 0.25) is 0 Å². The summed E-state index contributed by atoms with van der Waals surface area (Å²) in [4.78, 5) is 34.8. The van der Waals surface area contributed by atoms with Crippen LogP contribution in [0, 0.1) is 12.7 Å². The molecule has 0 aliphatic carbocycles. The van der Waals surface area contributed by atoms with Crippen LogP contribution in [0.25, 0.3) is 11.0 Å². The Morgan fingerprint density at radius 3 is 2.59 bits per heavy atom. The van der Waals surface area contributed by atoms with E-state index in [9.17, 15) is 14.0 Å². The first kappa shape index (κ1) is 23.3. The molecule has 0 saturated carbocycles. The minimum absolute atomic E-state index is 0.0299. The summed E-state index contributed by atoms with van der Waals surface area (Å²) in [5.74, 6) is -2.00. The van der Waals surface area contributed by atoms with E-state index in [0.29, 0.717) is 31.0 Å². The van der Waals surface area contributed by atoms with E-state index in [0.717, 1.165) is 36.1 Å². The third-order valence-corrected chi connectivity index (χ3v) is 5.71. The van der Waals surface area contributed by atoms with Crippen LogP contribution in [0.3, 0.4) is 0 Å². The average molecular weight is 461 g/mol. The van der Waals surface area contributed by atoms with Crippen LogP contribution in [-0.2, 0) is 19.5 Å². The van der Waals surface area contributed by atoms with Crippen molar-refractivity contribution in [3.63, 3.8) is 0 Å².